The number of benzene rings is 3. The molecule has 1 N–H and O–H groups in total. The molecule has 0 aromatic heterocycles. The number of anilines is 1. The zero-order chi connectivity index (χ0) is 19.8. The van der Waals surface area contributed by atoms with Crippen molar-refractivity contribution in [1.29, 1.82) is 0 Å². The number of nitrogens with zero attached hydrogens (tertiary/aromatic N) is 1. The first-order chi connectivity index (χ1) is 13.7. The Balaban J connectivity index is 1.81. The molecule has 0 heterocycles. The number of carbonyl (C=O) groups is 1. The minimum absolute atomic E-state index is 0.192. The average molecular weight is 376 g/mol. The van der Waals surface area contributed by atoms with Crippen LogP contribution in [0.1, 0.15) is 11.1 Å². The Hall–Kier alpha value is -3.47. The lowest BCUT2D eigenvalue weighted by atomic mass is 10.2. The molecule has 0 atom stereocenters. The van der Waals surface area contributed by atoms with E-state index in [-0.39, 0.29) is 6.03 Å². The van der Waals surface area contributed by atoms with Gasteiger partial charge in [0.15, 0.2) is 0 Å². The smallest absolute Gasteiger partial charge is 0.322 e. The maximum atomic E-state index is 13.1. The van der Waals surface area contributed by atoms with Gasteiger partial charge in [-0.1, -0.05) is 60.7 Å². The highest BCUT2D eigenvalue weighted by Crippen LogP contribution is 2.26. The summed E-state index contributed by atoms with van der Waals surface area (Å²) < 4.78 is 10.6. The lowest BCUT2D eigenvalue weighted by Crippen LogP contribution is -2.34. The van der Waals surface area contributed by atoms with Gasteiger partial charge in [-0.3, -0.25) is 0 Å². The predicted octanol–water partition coefficient (Wildman–Crippen LogP) is 4.94. The van der Waals surface area contributed by atoms with Crippen molar-refractivity contribution in [3.05, 3.63) is 90.0 Å². The number of rotatable bonds is 7. The Labute approximate surface area is 165 Å². The van der Waals surface area contributed by atoms with E-state index in [1.54, 1.807) is 37.3 Å². The molecule has 28 heavy (non-hydrogen) atoms. The minimum Gasteiger partial charge on any atom is -0.497 e. The number of hydrogen-bond donors (Lipinski definition) is 1. The van der Waals surface area contributed by atoms with E-state index in [9.17, 15) is 4.79 Å². The third-order valence-electron chi connectivity index (χ3n) is 4.32. The SMILES string of the molecule is COc1cc(NC(=O)N(Cc2ccccc2)Cc2ccccc2)cc(OC)c1. The van der Waals surface area contributed by atoms with Crippen molar-refractivity contribution in [3.8, 4) is 11.5 Å². The normalized spacial score (nSPS) is 10.2. The summed E-state index contributed by atoms with van der Waals surface area (Å²) in [4.78, 5) is 14.8. The molecule has 0 spiro atoms. The van der Waals surface area contributed by atoms with E-state index in [1.165, 1.54) is 0 Å². The maximum absolute atomic E-state index is 13.1. The molecule has 5 heteroatoms. The number of amides is 2. The summed E-state index contributed by atoms with van der Waals surface area (Å²) in [6, 6.07) is 25.0. The van der Waals surface area contributed by atoms with Crippen LogP contribution in [0.3, 0.4) is 0 Å². The van der Waals surface area contributed by atoms with Gasteiger partial charge in [-0.05, 0) is 11.1 Å². The fourth-order valence-corrected chi connectivity index (χ4v) is 2.89. The highest BCUT2D eigenvalue weighted by molar-refractivity contribution is 5.89. The van der Waals surface area contributed by atoms with Crippen molar-refractivity contribution >= 4 is 11.7 Å². The predicted molar refractivity (Wildman–Crippen MR) is 111 cm³/mol. The summed E-state index contributed by atoms with van der Waals surface area (Å²) >= 11 is 0. The highest BCUT2D eigenvalue weighted by Gasteiger charge is 2.16. The highest BCUT2D eigenvalue weighted by atomic mass is 16.5. The van der Waals surface area contributed by atoms with Gasteiger partial charge >= 0.3 is 6.03 Å². The van der Waals surface area contributed by atoms with Crippen LogP contribution in [0.2, 0.25) is 0 Å². The van der Waals surface area contributed by atoms with E-state index >= 15 is 0 Å². The first kappa shape index (κ1) is 19.3. The van der Waals surface area contributed by atoms with Crippen LogP contribution in [0.15, 0.2) is 78.9 Å². The van der Waals surface area contributed by atoms with Crippen LogP contribution < -0.4 is 14.8 Å². The maximum Gasteiger partial charge on any atom is 0.322 e. The molecule has 0 fully saturated rings. The van der Waals surface area contributed by atoms with Crippen molar-refractivity contribution in [2.75, 3.05) is 19.5 Å². The number of urea groups is 1. The van der Waals surface area contributed by atoms with Gasteiger partial charge in [-0.15, -0.1) is 0 Å². The van der Waals surface area contributed by atoms with Crippen molar-refractivity contribution in [2.24, 2.45) is 0 Å². The lowest BCUT2D eigenvalue weighted by Gasteiger charge is -2.24. The second kappa shape index (κ2) is 9.46. The van der Waals surface area contributed by atoms with Crippen molar-refractivity contribution in [2.45, 2.75) is 13.1 Å². The summed E-state index contributed by atoms with van der Waals surface area (Å²) in [5, 5.41) is 2.96. The molecule has 0 aliphatic carbocycles. The molecule has 0 aliphatic rings. The Morgan fingerprint density at radius 3 is 1.68 bits per heavy atom. The minimum atomic E-state index is -0.192. The second-order valence-corrected chi connectivity index (χ2v) is 6.36. The Bertz CT molecular complexity index is 834. The van der Waals surface area contributed by atoms with E-state index in [4.69, 9.17) is 9.47 Å². The van der Waals surface area contributed by atoms with Gasteiger partial charge in [-0.25, -0.2) is 4.79 Å². The largest absolute Gasteiger partial charge is 0.497 e. The Morgan fingerprint density at radius 2 is 1.25 bits per heavy atom. The summed E-state index contributed by atoms with van der Waals surface area (Å²) in [6.45, 7) is 1.01. The second-order valence-electron chi connectivity index (χ2n) is 6.36. The van der Waals surface area contributed by atoms with Gasteiger partial charge in [0.2, 0.25) is 0 Å². The first-order valence-corrected chi connectivity index (χ1v) is 9.05. The number of methoxy groups -OCH3 is 2. The molecule has 0 radical (unpaired) electrons. The molecule has 0 saturated carbocycles. The van der Waals surface area contributed by atoms with Crippen LogP contribution in [0, 0.1) is 0 Å². The molecule has 5 nitrogen and oxygen atoms in total. The van der Waals surface area contributed by atoms with Crippen LogP contribution in [-0.2, 0) is 13.1 Å². The third-order valence-corrected chi connectivity index (χ3v) is 4.32. The average Bonchev–Trinajstić information content (AvgIpc) is 2.74. The molecular formula is C23H24N2O3. The summed E-state index contributed by atoms with van der Waals surface area (Å²) in [7, 11) is 3.16. The van der Waals surface area contributed by atoms with E-state index < -0.39 is 0 Å². The molecule has 2 amide bonds. The third kappa shape index (κ3) is 5.27. The van der Waals surface area contributed by atoms with Gasteiger partial charge < -0.3 is 19.7 Å². The zero-order valence-electron chi connectivity index (χ0n) is 16.1. The quantitative estimate of drug-likeness (QED) is 0.635. The van der Waals surface area contributed by atoms with Gasteiger partial charge in [0.25, 0.3) is 0 Å². The topological polar surface area (TPSA) is 50.8 Å². The van der Waals surface area contributed by atoms with Gasteiger partial charge in [0, 0.05) is 37.0 Å². The van der Waals surface area contributed by atoms with E-state index in [0.717, 1.165) is 11.1 Å². The van der Waals surface area contributed by atoms with E-state index in [0.29, 0.717) is 30.3 Å². The summed E-state index contributed by atoms with van der Waals surface area (Å²) in [5.74, 6) is 1.24. The molecule has 3 rings (SSSR count). The number of ether oxygens (including phenoxy) is 2. The van der Waals surface area contributed by atoms with E-state index in [1.807, 2.05) is 60.7 Å². The van der Waals surface area contributed by atoms with Gasteiger partial charge in [-0.2, -0.15) is 0 Å². The van der Waals surface area contributed by atoms with Crippen LogP contribution in [0.25, 0.3) is 0 Å². The zero-order valence-corrected chi connectivity index (χ0v) is 16.1. The molecular weight excluding hydrogens is 352 g/mol. The molecule has 0 unspecified atom stereocenters. The molecule has 0 aliphatic heterocycles. The molecule has 3 aromatic carbocycles. The fraction of sp³-hybridized carbons (Fsp3) is 0.174. The monoisotopic (exact) mass is 376 g/mol. The van der Waals surface area contributed by atoms with Crippen LogP contribution in [0.5, 0.6) is 11.5 Å². The summed E-state index contributed by atoms with van der Waals surface area (Å²) in [6.07, 6.45) is 0. The summed E-state index contributed by atoms with van der Waals surface area (Å²) in [5.41, 5.74) is 2.75. The standard InChI is InChI=1S/C23H24N2O3/c1-27-21-13-20(14-22(15-21)28-2)24-23(26)25(16-18-9-5-3-6-10-18)17-19-11-7-4-8-12-19/h3-15H,16-17H2,1-2H3,(H,24,26). The van der Waals surface area contributed by atoms with Crippen LogP contribution in [-0.4, -0.2) is 25.2 Å². The first-order valence-electron chi connectivity index (χ1n) is 9.05. The fourth-order valence-electron chi connectivity index (χ4n) is 2.89. The Morgan fingerprint density at radius 1 is 0.786 bits per heavy atom. The van der Waals surface area contributed by atoms with Crippen molar-refractivity contribution in [1.82, 2.24) is 4.90 Å². The number of hydrogen-bond acceptors (Lipinski definition) is 3. The Kier molecular flexibility index (Phi) is 6.52. The lowest BCUT2D eigenvalue weighted by molar-refractivity contribution is 0.206. The van der Waals surface area contributed by atoms with E-state index in [2.05, 4.69) is 5.32 Å². The van der Waals surface area contributed by atoms with Crippen molar-refractivity contribution in [3.63, 3.8) is 0 Å². The van der Waals surface area contributed by atoms with Gasteiger partial charge in [0.05, 0.1) is 14.2 Å². The van der Waals surface area contributed by atoms with Crippen molar-refractivity contribution < 1.29 is 14.3 Å². The molecule has 3 aromatic rings. The molecule has 0 saturated heterocycles. The molecule has 144 valence electrons. The number of nitrogens with one attached hydrogen (secondary N) is 1. The number of carbonyl (C=O) groups excluding carboxylic acids is 1. The van der Waals surface area contributed by atoms with Crippen LogP contribution >= 0.6 is 0 Å². The van der Waals surface area contributed by atoms with Crippen LogP contribution in [0.4, 0.5) is 10.5 Å². The van der Waals surface area contributed by atoms with Gasteiger partial charge in [0.1, 0.15) is 11.5 Å². The molecule has 0 bridgehead atoms.